The smallest absolute Gasteiger partial charge is 0.407 e. The molecule has 3 rings (SSSR count). The van der Waals surface area contributed by atoms with E-state index in [1.165, 1.54) is 0 Å². The second-order valence-electron chi connectivity index (χ2n) is 7.98. The molecule has 0 fully saturated rings. The number of carbonyl (C=O) groups excluding carboxylic acids is 1. The van der Waals surface area contributed by atoms with Gasteiger partial charge >= 0.3 is 6.09 Å². The van der Waals surface area contributed by atoms with E-state index in [-0.39, 0.29) is 6.04 Å². The lowest BCUT2D eigenvalue weighted by molar-refractivity contribution is 0.0504. The molecule has 28 heavy (non-hydrogen) atoms. The number of halogens is 1. The highest BCUT2D eigenvalue weighted by molar-refractivity contribution is 6.30. The third kappa shape index (κ3) is 5.17. The molecule has 0 saturated carbocycles. The Morgan fingerprint density at radius 3 is 2.79 bits per heavy atom. The lowest BCUT2D eigenvalue weighted by atomic mass is 9.96. The Labute approximate surface area is 171 Å². The van der Waals surface area contributed by atoms with Crippen LogP contribution in [0.2, 0.25) is 5.02 Å². The zero-order valence-corrected chi connectivity index (χ0v) is 17.1. The van der Waals surface area contributed by atoms with Gasteiger partial charge in [0.25, 0.3) is 0 Å². The average Bonchev–Trinajstić information content (AvgIpc) is 2.59. The number of rotatable bonds is 3. The Kier molecular flexibility index (Phi) is 5.81. The normalized spacial score (nSPS) is 16.1. The number of nitrogens with one attached hydrogen (secondary N) is 1. The van der Waals surface area contributed by atoms with Gasteiger partial charge in [0.05, 0.1) is 12.6 Å². The molecule has 6 heteroatoms. The molecule has 0 bridgehead atoms. The molecule has 0 saturated heterocycles. The number of hydrogen-bond donors (Lipinski definition) is 1. The van der Waals surface area contributed by atoms with E-state index in [9.17, 15) is 4.79 Å². The first-order valence-electron chi connectivity index (χ1n) is 9.23. The summed E-state index contributed by atoms with van der Waals surface area (Å²) in [6, 6.07) is 13.4. The van der Waals surface area contributed by atoms with E-state index < -0.39 is 11.7 Å². The molecule has 1 atom stereocenters. The van der Waals surface area contributed by atoms with Gasteiger partial charge in [-0.3, -0.25) is 0 Å². The Bertz CT molecular complexity index is 915. The Balaban J connectivity index is 1.84. The number of amides is 1. The first kappa shape index (κ1) is 20.0. The molecular weight excluding hydrogens is 374 g/mol. The lowest BCUT2D eigenvalue weighted by Gasteiger charge is -2.37. The molecule has 2 aromatic carbocycles. The van der Waals surface area contributed by atoms with Crippen LogP contribution in [-0.2, 0) is 17.7 Å². The van der Waals surface area contributed by atoms with Gasteiger partial charge in [-0.25, -0.2) is 9.64 Å². The van der Waals surface area contributed by atoms with Crippen LogP contribution in [0, 0.1) is 6.57 Å². The second kappa shape index (κ2) is 8.12. The lowest BCUT2D eigenvalue weighted by Crippen LogP contribution is -2.49. The van der Waals surface area contributed by atoms with Crippen LogP contribution >= 0.6 is 11.6 Å². The fourth-order valence-electron chi connectivity index (χ4n) is 3.38. The monoisotopic (exact) mass is 397 g/mol. The number of fused-ring (bicyclic) bond motifs is 1. The largest absolute Gasteiger partial charge is 0.444 e. The predicted molar refractivity (Wildman–Crippen MR) is 112 cm³/mol. The number of hydrogen-bond acceptors (Lipinski definition) is 3. The minimum atomic E-state index is -0.547. The van der Waals surface area contributed by atoms with Crippen molar-refractivity contribution in [1.29, 1.82) is 0 Å². The molecule has 0 aliphatic carbocycles. The van der Waals surface area contributed by atoms with Crippen LogP contribution in [0.3, 0.4) is 0 Å². The minimum Gasteiger partial charge on any atom is -0.444 e. The molecular formula is C22H24ClN3O2. The minimum absolute atomic E-state index is 0.109. The van der Waals surface area contributed by atoms with E-state index in [1.54, 1.807) is 0 Å². The molecule has 1 N–H and O–H groups in total. The first-order chi connectivity index (χ1) is 13.2. The van der Waals surface area contributed by atoms with Crippen molar-refractivity contribution in [1.82, 2.24) is 5.32 Å². The number of benzene rings is 2. The zero-order valence-electron chi connectivity index (χ0n) is 16.3. The molecule has 2 aromatic rings. The summed E-state index contributed by atoms with van der Waals surface area (Å²) in [4.78, 5) is 18.0. The second-order valence-corrected chi connectivity index (χ2v) is 8.42. The Morgan fingerprint density at radius 1 is 1.32 bits per heavy atom. The SMILES string of the molecule is [C-]#[N+]c1ccc2c(c1)CC(NC(=O)OC(C)(C)C)CN2Cc1cccc(Cl)c1. The van der Waals surface area contributed by atoms with Crippen LogP contribution in [-0.4, -0.2) is 24.3 Å². The molecule has 0 radical (unpaired) electrons. The number of ether oxygens (including phenoxy) is 1. The average molecular weight is 398 g/mol. The van der Waals surface area contributed by atoms with Crippen LogP contribution in [0.15, 0.2) is 42.5 Å². The first-order valence-corrected chi connectivity index (χ1v) is 9.60. The van der Waals surface area contributed by atoms with Crippen molar-refractivity contribution < 1.29 is 9.53 Å². The molecule has 146 valence electrons. The van der Waals surface area contributed by atoms with Gasteiger partial charge in [0.2, 0.25) is 0 Å². The van der Waals surface area contributed by atoms with Crippen LogP contribution < -0.4 is 10.2 Å². The van der Waals surface area contributed by atoms with Crippen molar-refractivity contribution >= 4 is 29.1 Å². The van der Waals surface area contributed by atoms with Crippen LogP contribution in [0.5, 0.6) is 0 Å². The molecule has 1 aliphatic heterocycles. The van der Waals surface area contributed by atoms with E-state index in [1.807, 2.05) is 63.2 Å². The molecule has 1 aliphatic rings. The van der Waals surface area contributed by atoms with Crippen LogP contribution in [0.1, 0.15) is 31.9 Å². The third-order valence-corrected chi connectivity index (χ3v) is 4.66. The van der Waals surface area contributed by atoms with Crippen LogP contribution in [0.4, 0.5) is 16.2 Å². The molecule has 0 aromatic heterocycles. The highest BCUT2D eigenvalue weighted by Crippen LogP contribution is 2.32. The standard InChI is InChI=1S/C22H24ClN3O2/c1-22(2,3)28-21(27)25-19-12-16-11-18(24-4)8-9-20(16)26(14-19)13-15-6-5-7-17(23)10-15/h5-11,19H,12-14H2,1-3H3,(H,25,27). The number of carbonyl (C=O) groups is 1. The van der Waals surface area contributed by atoms with Crippen molar-refractivity contribution in [3.63, 3.8) is 0 Å². The summed E-state index contributed by atoms with van der Waals surface area (Å²) >= 11 is 6.14. The molecule has 1 amide bonds. The van der Waals surface area contributed by atoms with E-state index in [0.29, 0.717) is 30.2 Å². The summed E-state index contributed by atoms with van der Waals surface area (Å²) in [5.74, 6) is 0. The van der Waals surface area contributed by atoms with E-state index in [4.69, 9.17) is 22.9 Å². The zero-order chi connectivity index (χ0) is 20.3. The maximum Gasteiger partial charge on any atom is 0.407 e. The van der Waals surface area contributed by atoms with Crippen molar-refractivity contribution in [2.75, 3.05) is 11.4 Å². The van der Waals surface area contributed by atoms with Gasteiger partial charge in [-0.15, -0.1) is 0 Å². The fraction of sp³-hybridized carbons (Fsp3) is 0.364. The summed E-state index contributed by atoms with van der Waals surface area (Å²) in [7, 11) is 0. The van der Waals surface area contributed by atoms with Gasteiger partial charge in [0, 0.05) is 23.8 Å². The number of nitrogens with zero attached hydrogens (tertiary/aromatic N) is 2. The topological polar surface area (TPSA) is 45.9 Å². The van der Waals surface area contributed by atoms with Gasteiger partial charge in [0.1, 0.15) is 5.60 Å². The van der Waals surface area contributed by atoms with Gasteiger partial charge in [-0.2, -0.15) is 0 Å². The highest BCUT2D eigenvalue weighted by atomic mass is 35.5. The Morgan fingerprint density at radius 2 is 2.11 bits per heavy atom. The fourth-order valence-corrected chi connectivity index (χ4v) is 3.60. The number of alkyl carbamates (subject to hydrolysis) is 1. The summed E-state index contributed by atoms with van der Waals surface area (Å²) < 4.78 is 5.41. The molecule has 5 nitrogen and oxygen atoms in total. The van der Waals surface area contributed by atoms with Crippen molar-refractivity contribution in [2.45, 2.75) is 45.4 Å². The van der Waals surface area contributed by atoms with Crippen molar-refractivity contribution in [3.05, 3.63) is 70.0 Å². The Hall–Kier alpha value is -2.71. The summed E-state index contributed by atoms with van der Waals surface area (Å²) in [6.07, 6.45) is 0.231. The highest BCUT2D eigenvalue weighted by Gasteiger charge is 2.27. The third-order valence-electron chi connectivity index (χ3n) is 4.42. The van der Waals surface area contributed by atoms with E-state index in [2.05, 4.69) is 15.1 Å². The van der Waals surface area contributed by atoms with Gasteiger partial charge in [0.15, 0.2) is 5.69 Å². The maximum absolute atomic E-state index is 12.3. The molecule has 0 spiro atoms. The van der Waals surface area contributed by atoms with Gasteiger partial charge in [-0.05, 0) is 56.5 Å². The summed E-state index contributed by atoms with van der Waals surface area (Å²) in [5, 5.41) is 3.67. The van der Waals surface area contributed by atoms with Crippen molar-refractivity contribution in [3.8, 4) is 0 Å². The quantitative estimate of drug-likeness (QED) is 0.710. The molecule has 1 heterocycles. The maximum atomic E-state index is 12.3. The summed E-state index contributed by atoms with van der Waals surface area (Å²) in [6.45, 7) is 14.1. The summed E-state index contributed by atoms with van der Waals surface area (Å²) in [5.41, 5.74) is 3.26. The van der Waals surface area contributed by atoms with Crippen LogP contribution in [0.25, 0.3) is 4.85 Å². The van der Waals surface area contributed by atoms with Crippen molar-refractivity contribution in [2.24, 2.45) is 0 Å². The number of anilines is 1. The predicted octanol–water partition coefficient (Wildman–Crippen LogP) is 5.35. The van der Waals surface area contributed by atoms with Gasteiger partial charge in [-0.1, -0.05) is 35.9 Å². The molecule has 1 unspecified atom stereocenters. The van der Waals surface area contributed by atoms with E-state index >= 15 is 0 Å². The van der Waals surface area contributed by atoms with Gasteiger partial charge < -0.3 is 15.0 Å². The van der Waals surface area contributed by atoms with E-state index in [0.717, 1.165) is 16.8 Å².